The Balaban J connectivity index is 2.43. The zero-order chi connectivity index (χ0) is 27.1. The van der Waals surface area contributed by atoms with Gasteiger partial charge in [-0.1, -0.05) is 94.4 Å². The Kier molecular flexibility index (Phi) is 9.68. The van der Waals surface area contributed by atoms with Gasteiger partial charge in [-0.15, -0.1) is 0 Å². The van der Waals surface area contributed by atoms with E-state index in [1.807, 2.05) is 49.4 Å². The van der Waals surface area contributed by atoms with Crippen LogP contribution in [0.2, 0.25) is 5.04 Å². The number of alkyl carbamates (subject to hydrolysis) is 1. The van der Waals surface area contributed by atoms with E-state index < -0.39 is 37.9 Å². The molecule has 2 aromatic rings. The lowest BCUT2D eigenvalue weighted by Crippen LogP contribution is -2.66. The van der Waals surface area contributed by atoms with E-state index in [0.29, 0.717) is 0 Å². The van der Waals surface area contributed by atoms with Crippen molar-refractivity contribution < 1.29 is 23.9 Å². The Labute approximate surface area is 216 Å². The normalized spacial score (nSPS) is 14.6. The molecule has 0 heterocycles. The maximum absolute atomic E-state index is 12.4. The number of carboxylic acids is 1. The van der Waals surface area contributed by atoms with Crippen LogP contribution in [0.15, 0.2) is 72.3 Å². The minimum absolute atomic E-state index is 0.210. The lowest BCUT2D eigenvalue weighted by molar-refractivity contribution is -0.140. The van der Waals surface area contributed by atoms with E-state index in [0.717, 1.165) is 15.9 Å². The molecule has 0 aliphatic rings. The predicted octanol–water partition coefficient (Wildman–Crippen LogP) is 5.12. The summed E-state index contributed by atoms with van der Waals surface area (Å²) in [5, 5.41) is 14.5. The fourth-order valence-corrected chi connectivity index (χ4v) is 9.02. The minimum Gasteiger partial charge on any atom is -0.480 e. The molecular weight excluding hydrogens is 470 g/mol. The number of benzene rings is 2. The summed E-state index contributed by atoms with van der Waals surface area (Å²) in [6, 6.07) is 19.4. The highest BCUT2D eigenvalue weighted by molar-refractivity contribution is 6.99. The highest BCUT2D eigenvalue weighted by Gasteiger charge is 2.50. The number of hydrogen-bond acceptors (Lipinski definition) is 4. The van der Waals surface area contributed by atoms with Crippen LogP contribution in [0.4, 0.5) is 4.79 Å². The number of carboxylic acid groups (broad SMARTS) is 1. The second-order valence-electron chi connectivity index (χ2n) is 11.1. The second kappa shape index (κ2) is 11.9. The first kappa shape index (κ1) is 29.3. The van der Waals surface area contributed by atoms with Crippen molar-refractivity contribution in [2.75, 3.05) is 6.61 Å². The number of allylic oxidation sites excluding steroid dienone is 1. The van der Waals surface area contributed by atoms with Gasteiger partial charge in [-0.2, -0.15) is 0 Å². The van der Waals surface area contributed by atoms with E-state index in [9.17, 15) is 14.7 Å². The monoisotopic (exact) mass is 511 g/mol. The van der Waals surface area contributed by atoms with Gasteiger partial charge >= 0.3 is 12.1 Å². The first-order chi connectivity index (χ1) is 16.7. The number of rotatable bonds is 9. The van der Waals surface area contributed by atoms with E-state index >= 15 is 0 Å². The van der Waals surface area contributed by atoms with Crippen LogP contribution < -0.4 is 15.7 Å². The van der Waals surface area contributed by atoms with Crippen LogP contribution in [0.3, 0.4) is 0 Å². The molecule has 2 aromatic carbocycles. The van der Waals surface area contributed by atoms with Gasteiger partial charge in [-0.05, 0) is 48.7 Å². The van der Waals surface area contributed by atoms with Gasteiger partial charge < -0.3 is 19.6 Å². The Morgan fingerprint density at radius 3 is 1.78 bits per heavy atom. The summed E-state index contributed by atoms with van der Waals surface area (Å²) >= 11 is 0. The van der Waals surface area contributed by atoms with Crippen LogP contribution in [0.1, 0.15) is 55.4 Å². The number of nitrogens with one attached hydrogen (secondary N) is 1. The van der Waals surface area contributed by atoms with Gasteiger partial charge in [0.1, 0.15) is 11.6 Å². The van der Waals surface area contributed by atoms with Gasteiger partial charge in [0.2, 0.25) is 0 Å². The molecule has 2 N–H and O–H groups in total. The van der Waals surface area contributed by atoms with Crippen LogP contribution in [0.5, 0.6) is 0 Å². The molecule has 0 unspecified atom stereocenters. The zero-order valence-corrected chi connectivity index (χ0v) is 23.8. The molecule has 0 saturated heterocycles. The highest BCUT2D eigenvalue weighted by atomic mass is 28.4. The Hall–Kier alpha value is -2.90. The van der Waals surface area contributed by atoms with Crippen molar-refractivity contribution in [1.82, 2.24) is 5.32 Å². The van der Waals surface area contributed by atoms with Gasteiger partial charge in [-0.25, -0.2) is 9.59 Å². The van der Waals surface area contributed by atoms with Gasteiger partial charge in [-0.3, -0.25) is 0 Å². The molecule has 0 aromatic heterocycles. The molecule has 0 radical (unpaired) electrons. The molecule has 7 heteroatoms. The van der Waals surface area contributed by atoms with E-state index in [4.69, 9.17) is 9.16 Å². The molecule has 1 amide bonds. The first-order valence-electron chi connectivity index (χ1n) is 12.4. The summed E-state index contributed by atoms with van der Waals surface area (Å²) in [5.74, 6) is -1.64. The van der Waals surface area contributed by atoms with E-state index in [1.165, 1.54) is 0 Å². The molecular formula is C29H41NO5Si. The lowest BCUT2D eigenvalue weighted by Gasteiger charge is -2.43. The third-order valence-corrected chi connectivity index (χ3v) is 11.2. The molecule has 0 aliphatic heterocycles. The van der Waals surface area contributed by atoms with Gasteiger partial charge in [0, 0.05) is 5.92 Å². The molecule has 2 atom stereocenters. The molecule has 0 aliphatic carbocycles. The topological polar surface area (TPSA) is 84.9 Å². The summed E-state index contributed by atoms with van der Waals surface area (Å²) in [5.41, 5.74) is 0.0677. The largest absolute Gasteiger partial charge is 0.480 e. The number of hydrogen-bond donors (Lipinski definition) is 2. The quantitative estimate of drug-likeness (QED) is 0.360. The standard InChI is InChI=1S/C29H41NO5Si/c1-9-22(21(2)25(26(31)32)30-27(33)35-28(3,4)5)20-34-36(29(6,7)8,23-16-12-10-13-17-23)24-18-14-11-15-19-24/h9-19,21,25H,20H2,1-8H3,(H,30,33)(H,31,32)/b22-9+/t21-,25+/m0/s1. The third kappa shape index (κ3) is 7.08. The minimum atomic E-state index is -2.80. The molecule has 196 valence electrons. The highest BCUT2D eigenvalue weighted by Crippen LogP contribution is 2.37. The number of ether oxygens (including phenoxy) is 1. The van der Waals surface area contributed by atoms with E-state index in [-0.39, 0.29) is 11.6 Å². The molecule has 0 spiro atoms. The van der Waals surface area contributed by atoms with Crippen molar-refractivity contribution in [3.63, 3.8) is 0 Å². The molecule has 2 rings (SSSR count). The lowest BCUT2D eigenvalue weighted by atomic mass is 9.93. The van der Waals surface area contributed by atoms with E-state index in [2.05, 4.69) is 50.4 Å². The molecule has 36 heavy (non-hydrogen) atoms. The van der Waals surface area contributed by atoms with Crippen molar-refractivity contribution in [2.45, 2.75) is 72.1 Å². The second-order valence-corrected chi connectivity index (χ2v) is 15.4. The summed E-state index contributed by atoms with van der Waals surface area (Å²) in [7, 11) is -2.80. The number of carbonyl (C=O) groups excluding carboxylic acids is 1. The number of aliphatic carboxylic acids is 1. The summed E-state index contributed by atoms with van der Waals surface area (Å²) < 4.78 is 12.3. The van der Waals surface area contributed by atoms with Crippen molar-refractivity contribution in [3.05, 3.63) is 72.3 Å². The van der Waals surface area contributed by atoms with Gasteiger partial charge in [0.05, 0.1) is 6.61 Å². The molecule has 0 saturated carbocycles. The zero-order valence-electron chi connectivity index (χ0n) is 22.8. The van der Waals surface area contributed by atoms with Crippen molar-refractivity contribution in [1.29, 1.82) is 0 Å². The maximum Gasteiger partial charge on any atom is 0.408 e. The fourth-order valence-electron chi connectivity index (χ4n) is 4.48. The average molecular weight is 512 g/mol. The molecule has 6 nitrogen and oxygen atoms in total. The van der Waals surface area contributed by atoms with Crippen LogP contribution >= 0.6 is 0 Å². The SMILES string of the molecule is C/C=C(\CO[Si](c1ccccc1)(c1ccccc1)C(C)(C)C)[C@H](C)[C@@H](NC(=O)OC(C)(C)C)C(=O)O. The fraction of sp³-hybridized carbons (Fsp3) is 0.448. The van der Waals surface area contributed by atoms with Crippen LogP contribution in [-0.4, -0.2) is 43.7 Å². The number of amides is 1. The van der Waals surface area contributed by atoms with Crippen LogP contribution in [0, 0.1) is 5.92 Å². The van der Waals surface area contributed by atoms with Crippen LogP contribution in [0.25, 0.3) is 0 Å². The van der Waals surface area contributed by atoms with Crippen LogP contribution in [-0.2, 0) is 14.0 Å². The Morgan fingerprint density at radius 2 is 1.42 bits per heavy atom. The smallest absolute Gasteiger partial charge is 0.408 e. The summed E-state index contributed by atoms with van der Waals surface area (Å²) in [6.45, 7) is 15.7. The van der Waals surface area contributed by atoms with Gasteiger partial charge in [0.25, 0.3) is 8.32 Å². The Bertz CT molecular complexity index is 999. The number of carbonyl (C=O) groups is 2. The third-order valence-electron chi connectivity index (χ3n) is 6.27. The Morgan fingerprint density at radius 1 is 0.944 bits per heavy atom. The summed E-state index contributed by atoms with van der Waals surface area (Å²) in [6.07, 6.45) is 1.12. The first-order valence-corrected chi connectivity index (χ1v) is 14.3. The predicted molar refractivity (Wildman–Crippen MR) is 147 cm³/mol. The van der Waals surface area contributed by atoms with Crippen molar-refractivity contribution in [2.24, 2.45) is 5.92 Å². The average Bonchev–Trinajstić information content (AvgIpc) is 2.79. The molecule has 0 bridgehead atoms. The van der Waals surface area contributed by atoms with Crippen molar-refractivity contribution in [3.8, 4) is 0 Å². The summed E-state index contributed by atoms with van der Waals surface area (Å²) in [4.78, 5) is 24.5. The molecule has 0 fully saturated rings. The van der Waals surface area contributed by atoms with E-state index in [1.54, 1.807) is 27.7 Å². The maximum atomic E-state index is 12.4. The van der Waals surface area contributed by atoms with Gasteiger partial charge in [0.15, 0.2) is 0 Å². The van der Waals surface area contributed by atoms with Crippen molar-refractivity contribution >= 4 is 30.8 Å².